The first-order chi connectivity index (χ1) is 12.8. The molecule has 0 spiro atoms. The third-order valence-corrected chi connectivity index (χ3v) is 4.45. The molecule has 152 valence electrons. The summed E-state index contributed by atoms with van der Waals surface area (Å²) < 4.78 is 14.4. The summed E-state index contributed by atoms with van der Waals surface area (Å²) in [6, 6.07) is 12.9. The molecule has 2 N–H and O–H groups in total. The van der Waals surface area contributed by atoms with Crippen LogP contribution in [0.5, 0.6) is 0 Å². The van der Waals surface area contributed by atoms with E-state index in [1.165, 1.54) is 11.0 Å². The number of aryl methyl sites for hydroxylation is 1. The molecule has 2 rings (SSSR count). The van der Waals surface area contributed by atoms with Crippen molar-refractivity contribution in [3.05, 3.63) is 69.4 Å². The van der Waals surface area contributed by atoms with Crippen LogP contribution in [-0.2, 0) is 17.9 Å². The second-order valence-electron chi connectivity index (χ2n) is 6.37. The van der Waals surface area contributed by atoms with Gasteiger partial charge in [0.1, 0.15) is 5.82 Å². The summed E-state index contributed by atoms with van der Waals surface area (Å²) >= 11 is 3.42. The molecule has 0 unspecified atom stereocenters. The summed E-state index contributed by atoms with van der Waals surface area (Å²) in [5.74, 6) is 0.242. The number of nitrogens with one attached hydrogen (secondary N) is 2. The maximum Gasteiger partial charge on any atom is 0.241 e. The van der Waals surface area contributed by atoms with Gasteiger partial charge < -0.3 is 15.5 Å². The normalized spacial score (nSPS) is 10.8. The lowest BCUT2D eigenvalue weighted by Crippen LogP contribution is -2.42. The highest BCUT2D eigenvalue weighted by Crippen LogP contribution is 2.11. The van der Waals surface area contributed by atoms with Crippen molar-refractivity contribution in [3.63, 3.8) is 0 Å². The number of nitrogens with zero attached hydrogens (tertiary/aromatic N) is 2. The molecule has 0 aliphatic carbocycles. The number of aliphatic imine (C=N–C) groups is 1. The minimum Gasteiger partial charge on any atom is -0.352 e. The van der Waals surface area contributed by atoms with E-state index < -0.39 is 0 Å². The van der Waals surface area contributed by atoms with Crippen molar-refractivity contribution in [3.8, 4) is 0 Å². The molecule has 0 aliphatic rings. The van der Waals surface area contributed by atoms with Gasteiger partial charge in [-0.15, -0.1) is 24.0 Å². The number of carbonyl (C=O) groups is 1. The highest BCUT2D eigenvalue weighted by atomic mass is 127. The Kier molecular flexibility index (Phi) is 10.4. The van der Waals surface area contributed by atoms with Crippen molar-refractivity contribution in [2.24, 2.45) is 4.99 Å². The zero-order valence-corrected chi connectivity index (χ0v) is 20.0. The number of benzene rings is 2. The number of likely N-dealkylation sites (N-methyl/N-ethyl adjacent to an activating group) is 1. The molecule has 0 aliphatic heterocycles. The second-order valence-corrected chi connectivity index (χ2v) is 7.29. The van der Waals surface area contributed by atoms with Gasteiger partial charge in [-0.2, -0.15) is 0 Å². The van der Waals surface area contributed by atoms with Gasteiger partial charge in [0.15, 0.2) is 5.96 Å². The first-order valence-electron chi connectivity index (χ1n) is 8.57. The fraction of sp³-hybridized carbons (Fsp3) is 0.300. The predicted molar refractivity (Wildman–Crippen MR) is 125 cm³/mol. The summed E-state index contributed by atoms with van der Waals surface area (Å²) in [7, 11) is 3.41. The minimum atomic E-state index is -0.231. The smallest absolute Gasteiger partial charge is 0.241 e. The van der Waals surface area contributed by atoms with Gasteiger partial charge in [0.25, 0.3) is 0 Å². The van der Waals surface area contributed by atoms with Crippen LogP contribution in [-0.4, -0.2) is 37.4 Å². The van der Waals surface area contributed by atoms with E-state index in [1.807, 2.05) is 24.3 Å². The lowest BCUT2D eigenvalue weighted by molar-refractivity contribution is -0.127. The lowest BCUT2D eigenvalue weighted by Gasteiger charge is -2.15. The number of amides is 1. The number of hydrogen-bond donors (Lipinski definition) is 2. The molecule has 0 aromatic heterocycles. The van der Waals surface area contributed by atoms with E-state index in [0.717, 1.165) is 15.6 Å². The van der Waals surface area contributed by atoms with Crippen molar-refractivity contribution >= 4 is 51.8 Å². The summed E-state index contributed by atoms with van der Waals surface area (Å²) in [6.45, 7) is 2.81. The first kappa shape index (κ1) is 24.4. The lowest BCUT2D eigenvalue weighted by atomic mass is 10.1. The Labute approximate surface area is 191 Å². The van der Waals surface area contributed by atoms with Crippen LogP contribution in [0.25, 0.3) is 0 Å². The van der Waals surface area contributed by atoms with Gasteiger partial charge in [-0.1, -0.05) is 40.2 Å². The molecule has 0 bridgehead atoms. The zero-order valence-electron chi connectivity index (χ0n) is 16.1. The summed E-state index contributed by atoms with van der Waals surface area (Å²) in [4.78, 5) is 17.9. The Bertz CT molecular complexity index is 812. The highest BCUT2D eigenvalue weighted by molar-refractivity contribution is 14.0. The third-order valence-electron chi connectivity index (χ3n) is 3.92. The maximum atomic E-state index is 13.4. The fourth-order valence-electron chi connectivity index (χ4n) is 2.26. The van der Waals surface area contributed by atoms with Crippen LogP contribution in [0, 0.1) is 12.7 Å². The Morgan fingerprint density at radius 2 is 1.75 bits per heavy atom. The molecule has 0 saturated heterocycles. The van der Waals surface area contributed by atoms with Crippen LogP contribution in [0.4, 0.5) is 4.39 Å². The van der Waals surface area contributed by atoms with Gasteiger partial charge in [-0.3, -0.25) is 4.79 Å². The molecule has 0 radical (unpaired) electrons. The maximum absolute atomic E-state index is 13.4. The Hall–Kier alpha value is -1.68. The monoisotopic (exact) mass is 562 g/mol. The van der Waals surface area contributed by atoms with E-state index in [2.05, 4.69) is 31.6 Å². The van der Waals surface area contributed by atoms with Crippen LogP contribution in [0.2, 0.25) is 0 Å². The van der Waals surface area contributed by atoms with Crippen LogP contribution < -0.4 is 10.6 Å². The van der Waals surface area contributed by atoms with E-state index in [9.17, 15) is 9.18 Å². The topological polar surface area (TPSA) is 56.7 Å². The van der Waals surface area contributed by atoms with Crippen molar-refractivity contribution in [1.29, 1.82) is 0 Å². The minimum absolute atomic E-state index is 0. The molecule has 0 atom stereocenters. The molecule has 5 nitrogen and oxygen atoms in total. The van der Waals surface area contributed by atoms with E-state index in [1.54, 1.807) is 33.2 Å². The molecule has 8 heteroatoms. The number of hydrogen-bond acceptors (Lipinski definition) is 2. The van der Waals surface area contributed by atoms with E-state index >= 15 is 0 Å². The third kappa shape index (κ3) is 8.14. The molecule has 1 amide bonds. The van der Waals surface area contributed by atoms with Gasteiger partial charge >= 0.3 is 0 Å². The number of rotatable bonds is 6. The van der Waals surface area contributed by atoms with Gasteiger partial charge in [-0.05, 0) is 41.8 Å². The summed E-state index contributed by atoms with van der Waals surface area (Å²) in [5, 5.41) is 6.27. The Morgan fingerprint density at radius 3 is 2.36 bits per heavy atom. The van der Waals surface area contributed by atoms with Crippen LogP contribution in [0.3, 0.4) is 0 Å². The molecule has 0 heterocycles. The van der Waals surface area contributed by atoms with Gasteiger partial charge in [0, 0.05) is 25.1 Å². The van der Waals surface area contributed by atoms with Gasteiger partial charge in [-0.25, -0.2) is 9.38 Å². The fourth-order valence-corrected chi connectivity index (χ4v) is 2.52. The SMILES string of the molecule is Cc1cc(CN=C(NCC(=O)N(C)C)NCc2ccc(Br)cc2)ccc1F.I. The number of guanidine groups is 1. The average Bonchev–Trinajstić information content (AvgIpc) is 2.64. The first-order valence-corrected chi connectivity index (χ1v) is 9.36. The van der Waals surface area contributed by atoms with E-state index in [0.29, 0.717) is 24.6 Å². The van der Waals surface area contributed by atoms with Crippen LogP contribution >= 0.6 is 39.9 Å². The van der Waals surface area contributed by atoms with Crippen LogP contribution in [0.1, 0.15) is 16.7 Å². The van der Waals surface area contributed by atoms with E-state index in [4.69, 9.17) is 0 Å². The second kappa shape index (κ2) is 12.0. The van der Waals surface area contributed by atoms with Crippen LogP contribution in [0.15, 0.2) is 51.9 Å². The van der Waals surface area contributed by atoms with Crippen molar-refractivity contribution in [2.45, 2.75) is 20.0 Å². The summed E-state index contributed by atoms with van der Waals surface area (Å²) in [6.07, 6.45) is 0. The van der Waals surface area contributed by atoms with Crippen molar-refractivity contribution in [2.75, 3.05) is 20.6 Å². The number of halogens is 3. The van der Waals surface area contributed by atoms with Gasteiger partial charge in [0.2, 0.25) is 5.91 Å². The largest absolute Gasteiger partial charge is 0.352 e. The van der Waals surface area contributed by atoms with E-state index in [-0.39, 0.29) is 42.2 Å². The quantitative estimate of drug-likeness (QED) is 0.319. The molecule has 0 saturated carbocycles. The summed E-state index contributed by atoms with van der Waals surface area (Å²) in [5.41, 5.74) is 2.57. The standard InChI is InChI=1S/C20H24BrFN4O.HI/c1-14-10-16(6-9-18(14)22)12-24-20(25-13-19(27)26(2)3)23-11-15-4-7-17(21)8-5-15;/h4-10H,11-13H2,1-3H3,(H2,23,24,25);1H. The van der Waals surface area contributed by atoms with Crippen molar-refractivity contribution < 1.29 is 9.18 Å². The molecule has 2 aromatic rings. The highest BCUT2D eigenvalue weighted by Gasteiger charge is 2.06. The molecule has 2 aromatic carbocycles. The molecular weight excluding hydrogens is 538 g/mol. The number of carbonyl (C=O) groups excluding carboxylic acids is 1. The Balaban J connectivity index is 0.00000392. The average molecular weight is 563 g/mol. The predicted octanol–water partition coefficient (Wildman–Crippen LogP) is 3.84. The van der Waals surface area contributed by atoms with Crippen molar-refractivity contribution in [1.82, 2.24) is 15.5 Å². The molecular formula is C20H25BrFIN4O. The zero-order chi connectivity index (χ0) is 19.8. The molecule has 28 heavy (non-hydrogen) atoms. The Morgan fingerprint density at radius 1 is 1.11 bits per heavy atom. The van der Waals surface area contributed by atoms with Gasteiger partial charge in [0.05, 0.1) is 13.1 Å². The molecule has 0 fully saturated rings.